The van der Waals surface area contributed by atoms with Crippen molar-refractivity contribution in [3.8, 4) is 0 Å². The second kappa shape index (κ2) is 17.8. The Morgan fingerprint density at radius 3 is 2.33 bits per heavy atom. The van der Waals surface area contributed by atoms with E-state index in [1.54, 1.807) is 37.4 Å². The van der Waals surface area contributed by atoms with E-state index in [0.29, 0.717) is 30.7 Å². The molecule has 1 aromatic carbocycles. The van der Waals surface area contributed by atoms with Crippen LogP contribution in [0.15, 0.2) is 18.2 Å². The van der Waals surface area contributed by atoms with Crippen LogP contribution in [0.5, 0.6) is 0 Å². The van der Waals surface area contributed by atoms with Crippen molar-refractivity contribution >= 4 is 35.6 Å². The number of unbranched alkanes of at least 4 members (excludes halogenated alkanes) is 4. The molecule has 0 radical (unpaired) electrons. The molecule has 0 aliphatic carbocycles. The third-order valence-electron chi connectivity index (χ3n) is 6.52. The minimum atomic E-state index is -1.000. The van der Waals surface area contributed by atoms with Gasteiger partial charge in [-0.25, -0.2) is 4.79 Å². The molecular formula is C30H49N3O6S. The number of carbonyl (C=O) groups is 4. The number of hydrogen-bond acceptors (Lipinski definition) is 7. The first-order valence-corrected chi connectivity index (χ1v) is 15.4. The average Bonchev–Trinajstić information content (AvgIpc) is 2.89. The number of nitrogens with zero attached hydrogens (tertiary/aromatic N) is 1. The van der Waals surface area contributed by atoms with Gasteiger partial charge in [0.05, 0.1) is 7.11 Å². The highest BCUT2D eigenvalue weighted by molar-refractivity contribution is 7.98. The molecule has 0 aliphatic heterocycles. The molecule has 9 nitrogen and oxygen atoms in total. The number of hydrogen-bond donors (Lipinski definition) is 2. The van der Waals surface area contributed by atoms with Gasteiger partial charge in [-0.05, 0) is 76.2 Å². The number of rotatable bonds is 16. The number of amides is 3. The standard InChI is InChI=1S/C30H49N3O6S/c1-9-10-11-12-13-18-33(28(36)24(17-19-40-8)32-29(37)39-30(4,5)6)26(27(35)31-20-25(34)38-7)23-16-14-15-21(2)22(23)3/h14-16,24,26H,9-13,17-20H2,1-8H3,(H,31,35)(H,32,37). The molecule has 2 N–H and O–H groups in total. The van der Waals surface area contributed by atoms with Crippen molar-refractivity contribution in [2.24, 2.45) is 0 Å². The molecule has 10 heteroatoms. The highest BCUT2D eigenvalue weighted by Crippen LogP contribution is 2.28. The maximum Gasteiger partial charge on any atom is 0.408 e. The van der Waals surface area contributed by atoms with Crippen LogP contribution < -0.4 is 10.6 Å². The Morgan fingerprint density at radius 2 is 1.73 bits per heavy atom. The van der Waals surface area contributed by atoms with E-state index >= 15 is 0 Å². The van der Waals surface area contributed by atoms with Crippen LogP contribution in [-0.2, 0) is 23.9 Å². The predicted octanol–water partition coefficient (Wildman–Crippen LogP) is 5.08. The number of benzene rings is 1. The largest absolute Gasteiger partial charge is 0.468 e. The summed E-state index contributed by atoms with van der Waals surface area (Å²) in [6.07, 6.45) is 6.40. The van der Waals surface area contributed by atoms with Gasteiger partial charge in [0.25, 0.3) is 0 Å². The van der Waals surface area contributed by atoms with Gasteiger partial charge in [-0.1, -0.05) is 50.8 Å². The van der Waals surface area contributed by atoms with Gasteiger partial charge in [0, 0.05) is 6.54 Å². The highest BCUT2D eigenvalue weighted by atomic mass is 32.2. The third-order valence-corrected chi connectivity index (χ3v) is 7.17. The zero-order chi connectivity index (χ0) is 30.3. The van der Waals surface area contributed by atoms with Crippen LogP contribution in [0.2, 0.25) is 0 Å². The fourth-order valence-corrected chi connectivity index (χ4v) is 4.72. The summed E-state index contributed by atoms with van der Waals surface area (Å²) in [6, 6.07) is 3.75. The van der Waals surface area contributed by atoms with Crippen LogP contribution in [0.25, 0.3) is 0 Å². The second-order valence-electron chi connectivity index (χ2n) is 10.9. The molecule has 0 fully saturated rings. The van der Waals surface area contributed by atoms with Crippen molar-refractivity contribution in [1.29, 1.82) is 0 Å². The molecule has 0 saturated heterocycles. The Kier molecular flexibility index (Phi) is 15.7. The van der Waals surface area contributed by atoms with Gasteiger partial charge in [-0.15, -0.1) is 0 Å². The first-order chi connectivity index (χ1) is 18.9. The van der Waals surface area contributed by atoms with Crippen molar-refractivity contribution < 1.29 is 28.7 Å². The van der Waals surface area contributed by atoms with E-state index in [-0.39, 0.29) is 12.5 Å². The van der Waals surface area contributed by atoms with Gasteiger partial charge < -0.3 is 25.0 Å². The van der Waals surface area contributed by atoms with E-state index in [1.807, 2.05) is 38.3 Å². The molecule has 0 aromatic heterocycles. The lowest BCUT2D eigenvalue weighted by atomic mass is 9.94. The summed E-state index contributed by atoms with van der Waals surface area (Å²) in [5.41, 5.74) is 1.80. The Morgan fingerprint density at radius 1 is 1.05 bits per heavy atom. The fraction of sp³-hybridized carbons (Fsp3) is 0.667. The molecule has 2 atom stereocenters. The molecule has 0 saturated carbocycles. The van der Waals surface area contributed by atoms with Gasteiger partial charge in [-0.3, -0.25) is 14.4 Å². The number of alkyl carbamates (subject to hydrolysis) is 1. The van der Waals surface area contributed by atoms with Crippen molar-refractivity contribution in [3.05, 3.63) is 34.9 Å². The molecule has 0 bridgehead atoms. The number of carbonyl (C=O) groups excluding carboxylic acids is 4. The summed E-state index contributed by atoms with van der Waals surface area (Å²) < 4.78 is 10.2. The molecule has 3 amide bonds. The lowest BCUT2D eigenvalue weighted by Crippen LogP contribution is -2.53. The Hall–Kier alpha value is -2.75. The van der Waals surface area contributed by atoms with E-state index < -0.39 is 35.7 Å². The van der Waals surface area contributed by atoms with Gasteiger partial charge >= 0.3 is 12.1 Å². The third kappa shape index (κ3) is 12.2. The minimum absolute atomic E-state index is 0.317. The zero-order valence-electron chi connectivity index (χ0n) is 25.6. The summed E-state index contributed by atoms with van der Waals surface area (Å²) in [5.74, 6) is -0.814. The lowest BCUT2D eigenvalue weighted by molar-refractivity contribution is -0.144. The first kappa shape index (κ1) is 35.3. The van der Waals surface area contributed by atoms with Gasteiger partial charge in [0.15, 0.2) is 0 Å². The SMILES string of the molecule is CCCCCCCN(C(=O)C(CCSC)NC(=O)OC(C)(C)C)C(C(=O)NCC(=O)OC)c1cccc(C)c1C. The van der Waals surface area contributed by atoms with Crippen LogP contribution >= 0.6 is 11.8 Å². The molecule has 0 heterocycles. The van der Waals surface area contributed by atoms with Crippen molar-refractivity contribution in [3.63, 3.8) is 0 Å². The van der Waals surface area contributed by atoms with Gasteiger partial charge in [-0.2, -0.15) is 11.8 Å². The summed E-state index contributed by atoms with van der Waals surface area (Å²) >= 11 is 1.56. The molecule has 2 unspecified atom stereocenters. The van der Waals surface area contributed by atoms with Crippen LogP contribution in [0, 0.1) is 13.8 Å². The Balaban J connectivity index is 3.54. The summed E-state index contributed by atoms with van der Waals surface area (Å²) in [7, 11) is 1.25. The smallest absolute Gasteiger partial charge is 0.408 e. The first-order valence-electron chi connectivity index (χ1n) is 14.1. The predicted molar refractivity (Wildman–Crippen MR) is 160 cm³/mol. The minimum Gasteiger partial charge on any atom is -0.468 e. The van der Waals surface area contributed by atoms with Crippen LogP contribution in [-0.4, -0.2) is 72.6 Å². The molecule has 0 aliphatic rings. The van der Waals surface area contributed by atoms with E-state index in [9.17, 15) is 19.2 Å². The molecule has 40 heavy (non-hydrogen) atoms. The maximum absolute atomic E-state index is 14.3. The van der Waals surface area contributed by atoms with Crippen molar-refractivity contribution in [1.82, 2.24) is 15.5 Å². The highest BCUT2D eigenvalue weighted by Gasteiger charge is 2.37. The molecule has 0 spiro atoms. The Labute approximate surface area is 244 Å². The monoisotopic (exact) mass is 579 g/mol. The number of ether oxygens (including phenoxy) is 2. The summed E-state index contributed by atoms with van der Waals surface area (Å²) in [5, 5.41) is 5.41. The Bertz CT molecular complexity index is 979. The fourth-order valence-electron chi connectivity index (χ4n) is 4.24. The van der Waals surface area contributed by atoms with Crippen molar-refractivity contribution in [2.45, 2.75) is 97.8 Å². The van der Waals surface area contributed by atoms with E-state index in [0.717, 1.165) is 36.8 Å². The lowest BCUT2D eigenvalue weighted by Gasteiger charge is -2.35. The number of thioether (sulfide) groups is 1. The van der Waals surface area contributed by atoms with Gasteiger partial charge in [0.2, 0.25) is 11.8 Å². The molecule has 1 aromatic rings. The maximum atomic E-state index is 14.3. The number of nitrogens with one attached hydrogen (secondary N) is 2. The number of aryl methyl sites for hydroxylation is 1. The summed E-state index contributed by atoms with van der Waals surface area (Å²) in [4.78, 5) is 54.1. The van der Waals surface area contributed by atoms with Crippen LogP contribution in [0.1, 0.15) is 89.0 Å². The van der Waals surface area contributed by atoms with Crippen LogP contribution in [0.4, 0.5) is 4.79 Å². The molecule has 1 rings (SSSR count). The quantitative estimate of drug-likeness (QED) is 0.207. The second-order valence-corrected chi connectivity index (χ2v) is 11.9. The van der Waals surface area contributed by atoms with Gasteiger partial charge in [0.1, 0.15) is 24.2 Å². The number of esters is 1. The van der Waals surface area contributed by atoms with E-state index in [2.05, 4.69) is 17.6 Å². The average molecular weight is 580 g/mol. The van der Waals surface area contributed by atoms with E-state index in [1.165, 1.54) is 7.11 Å². The van der Waals surface area contributed by atoms with E-state index in [4.69, 9.17) is 9.47 Å². The summed E-state index contributed by atoms with van der Waals surface area (Å²) in [6.45, 7) is 11.3. The number of methoxy groups -OCH3 is 1. The molecule has 226 valence electrons. The zero-order valence-corrected chi connectivity index (χ0v) is 26.4. The topological polar surface area (TPSA) is 114 Å². The normalized spacial score (nSPS) is 12.7. The molecular weight excluding hydrogens is 530 g/mol. The van der Waals surface area contributed by atoms with Crippen molar-refractivity contribution in [2.75, 3.05) is 32.2 Å². The van der Waals surface area contributed by atoms with Crippen LogP contribution in [0.3, 0.4) is 0 Å².